The van der Waals surface area contributed by atoms with Gasteiger partial charge in [-0.1, -0.05) is 27.7 Å². The van der Waals surface area contributed by atoms with E-state index >= 15 is 0 Å². The average molecular weight is 419 g/mol. The summed E-state index contributed by atoms with van der Waals surface area (Å²) in [5, 5.41) is 36.6. The van der Waals surface area contributed by atoms with Crippen molar-refractivity contribution in [1.29, 1.82) is 0 Å². The smallest absolute Gasteiger partial charge is 0.317 e. The van der Waals surface area contributed by atoms with Gasteiger partial charge in [0, 0.05) is 25.7 Å². The summed E-state index contributed by atoms with van der Waals surface area (Å²) in [6.07, 6.45) is 0. The van der Waals surface area contributed by atoms with Crippen LogP contribution in [0, 0.1) is 5.41 Å². The Morgan fingerprint density at radius 2 is 1.10 bits per heavy atom. The average Bonchev–Trinajstić information content (AvgIpc) is 2.52. The van der Waals surface area contributed by atoms with Crippen molar-refractivity contribution in [1.82, 2.24) is 14.7 Å². The lowest BCUT2D eigenvalue weighted by Gasteiger charge is -2.41. The van der Waals surface area contributed by atoms with Crippen molar-refractivity contribution in [3.05, 3.63) is 0 Å². The van der Waals surface area contributed by atoms with Crippen LogP contribution in [0.4, 0.5) is 0 Å². The van der Waals surface area contributed by atoms with Crippen molar-refractivity contribution in [2.24, 2.45) is 5.41 Å². The molecule has 0 aromatic carbocycles. The van der Waals surface area contributed by atoms with Crippen LogP contribution >= 0.6 is 0 Å². The van der Waals surface area contributed by atoms with E-state index in [4.69, 9.17) is 5.11 Å². The number of carbonyl (C=O) groups is 4. The molecule has 11 nitrogen and oxygen atoms in total. The maximum atomic E-state index is 11.3. The summed E-state index contributed by atoms with van der Waals surface area (Å²) in [5.74, 6) is -4.42. The fraction of sp³-hybridized carbons (Fsp3) is 0.778. The van der Waals surface area contributed by atoms with Gasteiger partial charge in [0.05, 0.1) is 26.2 Å². The monoisotopic (exact) mass is 419 g/mol. The number of aliphatic carboxylic acids is 4. The third-order valence-corrected chi connectivity index (χ3v) is 4.45. The van der Waals surface area contributed by atoms with Crippen LogP contribution in [0.1, 0.15) is 27.7 Å². The molecule has 0 heterocycles. The zero-order valence-electron chi connectivity index (χ0n) is 17.5. The fourth-order valence-electron chi connectivity index (χ4n) is 3.05. The summed E-state index contributed by atoms with van der Waals surface area (Å²) in [4.78, 5) is 49.3. The predicted octanol–water partition coefficient (Wildman–Crippen LogP) is -0.335. The molecule has 1 unspecified atom stereocenters. The quantitative estimate of drug-likeness (QED) is 0.275. The number of likely N-dealkylation sites (N-methyl/N-ethyl adjacent to an activating group) is 1. The summed E-state index contributed by atoms with van der Waals surface area (Å²) in [5.41, 5.74) is -0.535. The summed E-state index contributed by atoms with van der Waals surface area (Å²) in [6.45, 7) is 6.95. The molecule has 0 aliphatic rings. The molecule has 0 saturated carbocycles. The van der Waals surface area contributed by atoms with Crippen LogP contribution in [0.2, 0.25) is 0 Å². The molecule has 0 amide bonds. The maximum Gasteiger partial charge on any atom is 0.317 e. The molecule has 0 aliphatic carbocycles. The van der Waals surface area contributed by atoms with Gasteiger partial charge in [0.15, 0.2) is 0 Å². The predicted molar refractivity (Wildman–Crippen MR) is 104 cm³/mol. The maximum absolute atomic E-state index is 11.3. The van der Waals surface area contributed by atoms with Gasteiger partial charge in [-0.3, -0.25) is 33.9 Å². The minimum Gasteiger partial charge on any atom is -0.480 e. The molecule has 0 aliphatic heterocycles. The van der Waals surface area contributed by atoms with Crippen LogP contribution in [0.5, 0.6) is 0 Å². The molecule has 0 fully saturated rings. The first-order valence-electron chi connectivity index (χ1n) is 9.32. The number of rotatable bonds is 15. The molecule has 0 aromatic heterocycles. The minimum absolute atomic E-state index is 0.126. The van der Waals surface area contributed by atoms with Gasteiger partial charge in [-0.25, -0.2) is 0 Å². The number of nitrogens with zero attached hydrogens (tertiary/aromatic N) is 3. The molecular formula is C18H33N3O8. The lowest BCUT2D eigenvalue weighted by atomic mass is 9.85. The Morgan fingerprint density at radius 1 is 0.724 bits per heavy atom. The number of carboxylic acid groups (broad SMARTS) is 4. The summed E-state index contributed by atoms with van der Waals surface area (Å²) < 4.78 is 0. The first-order valence-corrected chi connectivity index (χ1v) is 9.32. The normalized spacial score (nSPS) is 13.1. The minimum atomic E-state index is -1.18. The molecule has 29 heavy (non-hydrogen) atoms. The second-order valence-electron chi connectivity index (χ2n) is 7.97. The topological polar surface area (TPSA) is 159 Å². The first-order chi connectivity index (χ1) is 13.3. The van der Waals surface area contributed by atoms with E-state index in [1.807, 2.05) is 20.8 Å². The van der Waals surface area contributed by atoms with Gasteiger partial charge in [-0.2, -0.15) is 0 Å². The second kappa shape index (κ2) is 12.3. The van der Waals surface area contributed by atoms with Gasteiger partial charge in [0.25, 0.3) is 0 Å². The lowest BCUT2D eigenvalue weighted by molar-refractivity contribution is -0.145. The lowest BCUT2D eigenvalue weighted by Crippen LogP contribution is -2.55. The Bertz CT molecular complexity index is 560. The Labute approximate surface area is 170 Å². The molecule has 4 N–H and O–H groups in total. The first kappa shape index (κ1) is 26.8. The van der Waals surface area contributed by atoms with Gasteiger partial charge in [-0.05, 0) is 12.0 Å². The van der Waals surface area contributed by atoms with Crippen molar-refractivity contribution in [2.45, 2.75) is 33.7 Å². The van der Waals surface area contributed by atoms with E-state index < -0.39 is 48.4 Å². The molecule has 0 rings (SSSR count). The summed E-state index contributed by atoms with van der Waals surface area (Å²) in [6, 6.07) is -0.552. The molecule has 11 heteroatoms. The number of hydrogen-bond donors (Lipinski definition) is 4. The van der Waals surface area contributed by atoms with Crippen LogP contribution in [-0.4, -0.2) is 117 Å². The fourth-order valence-corrected chi connectivity index (χ4v) is 3.05. The molecule has 0 bridgehead atoms. The Morgan fingerprint density at radius 3 is 1.45 bits per heavy atom. The SMILES string of the molecule is CCN(CCN(CC(=O)O)CC(N(CC(=O)O)CC(=O)O)C(C)(C)C)CC(=O)O. The van der Waals surface area contributed by atoms with Crippen LogP contribution in [0.15, 0.2) is 0 Å². The summed E-state index contributed by atoms with van der Waals surface area (Å²) >= 11 is 0. The second-order valence-corrected chi connectivity index (χ2v) is 7.97. The zero-order chi connectivity index (χ0) is 22.8. The van der Waals surface area contributed by atoms with Gasteiger partial charge in [0.2, 0.25) is 0 Å². The van der Waals surface area contributed by atoms with E-state index in [-0.39, 0.29) is 26.2 Å². The van der Waals surface area contributed by atoms with Crippen LogP contribution < -0.4 is 0 Å². The van der Waals surface area contributed by atoms with Crippen molar-refractivity contribution in [3.63, 3.8) is 0 Å². The number of carboxylic acids is 4. The van der Waals surface area contributed by atoms with Gasteiger partial charge in [-0.15, -0.1) is 0 Å². The van der Waals surface area contributed by atoms with E-state index in [0.717, 1.165) is 0 Å². The number of hydrogen-bond acceptors (Lipinski definition) is 7. The molecule has 0 radical (unpaired) electrons. The van der Waals surface area contributed by atoms with E-state index in [0.29, 0.717) is 13.1 Å². The Balaban J connectivity index is 5.53. The summed E-state index contributed by atoms with van der Waals surface area (Å²) in [7, 11) is 0. The Kier molecular flexibility index (Phi) is 11.4. The van der Waals surface area contributed by atoms with Crippen molar-refractivity contribution < 1.29 is 39.6 Å². The molecule has 0 aromatic rings. The molecule has 0 spiro atoms. The van der Waals surface area contributed by atoms with Crippen LogP contribution in [0.3, 0.4) is 0 Å². The molecule has 0 saturated heterocycles. The van der Waals surface area contributed by atoms with E-state index in [2.05, 4.69) is 0 Å². The van der Waals surface area contributed by atoms with Crippen LogP contribution in [0.25, 0.3) is 0 Å². The van der Waals surface area contributed by atoms with E-state index in [1.54, 1.807) is 16.7 Å². The van der Waals surface area contributed by atoms with Crippen molar-refractivity contribution in [2.75, 3.05) is 52.4 Å². The highest BCUT2D eigenvalue weighted by Crippen LogP contribution is 2.25. The highest BCUT2D eigenvalue weighted by molar-refractivity contribution is 5.72. The standard InChI is InChI=1S/C18H33N3O8/c1-5-19(9-14(22)23)6-7-20(10-15(24)25)8-13(18(2,3)4)21(11-16(26)27)12-17(28)29/h13H,5-12H2,1-4H3,(H,22,23)(H,24,25)(H,26,27)(H,28,29). The largest absolute Gasteiger partial charge is 0.480 e. The molecule has 168 valence electrons. The van der Waals surface area contributed by atoms with E-state index in [1.165, 1.54) is 4.90 Å². The Hall–Kier alpha value is -2.24. The molecular weight excluding hydrogens is 386 g/mol. The van der Waals surface area contributed by atoms with Crippen molar-refractivity contribution in [3.8, 4) is 0 Å². The van der Waals surface area contributed by atoms with Crippen molar-refractivity contribution >= 4 is 23.9 Å². The third-order valence-electron chi connectivity index (χ3n) is 4.45. The van der Waals surface area contributed by atoms with Gasteiger partial charge < -0.3 is 20.4 Å². The third kappa shape index (κ3) is 12.0. The highest BCUT2D eigenvalue weighted by atomic mass is 16.4. The van der Waals surface area contributed by atoms with Gasteiger partial charge in [0.1, 0.15) is 0 Å². The zero-order valence-corrected chi connectivity index (χ0v) is 17.5. The van der Waals surface area contributed by atoms with Gasteiger partial charge >= 0.3 is 23.9 Å². The van der Waals surface area contributed by atoms with E-state index in [9.17, 15) is 34.5 Å². The molecule has 1 atom stereocenters. The van der Waals surface area contributed by atoms with Crippen LogP contribution in [-0.2, 0) is 19.2 Å². The highest BCUT2D eigenvalue weighted by Gasteiger charge is 2.34.